The number of carbonyl (C=O) groups is 1. The van der Waals surface area contributed by atoms with E-state index in [2.05, 4.69) is 5.32 Å². The molecule has 0 saturated heterocycles. The standard InChI is InChI=1S/C8H18NO5P/c1-5-7(11)8(9-6(2)10)15(12,13-3)14-4/h7-8,11H,5H2,1-4H3,(H,9,10)/t7-,8-/m1/s1. The zero-order chi connectivity index (χ0) is 12.1. The number of amides is 1. The molecule has 2 atom stereocenters. The third-order valence-electron chi connectivity index (χ3n) is 1.98. The molecule has 0 aromatic heterocycles. The van der Waals surface area contributed by atoms with Crippen molar-refractivity contribution in [3.05, 3.63) is 0 Å². The number of hydrogen-bond donors (Lipinski definition) is 2. The Kier molecular flexibility index (Phi) is 6.05. The van der Waals surface area contributed by atoms with E-state index < -0.39 is 25.4 Å². The summed E-state index contributed by atoms with van der Waals surface area (Å²) in [6, 6.07) is 0. The van der Waals surface area contributed by atoms with Gasteiger partial charge >= 0.3 is 7.60 Å². The molecule has 0 heterocycles. The second kappa shape index (κ2) is 6.23. The highest BCUT2D eigenvalue weighted by molar-refractivity contribution is 7.54. The molecule has 0 radical (unpaired) electrons. The van der Waals surface area contributed by atoms with E-state index in [0.29, 0.717) is 6.42 Å². The van der Waals surface area contributed by atoms with Gasteiger partial charge in [0.05, 0.1) is 6.10 Å². The van der Waals surface area contributed by atoms with Crippen molar-refractivity contribution in [2.75, 3.05) is 14.2 Å². The number of carbonyl (C=O) groups excluding carboxylic acids is 1. The molecule has 0 aromatic carbocycles. The third-order valence-corrected chi connectivity index (χ3v) is 4.16. The Balaban J connectivity index is 4.90. The lowest BCUT2D eigenvalue weighted by Gasteiger charge is -2.27. The van der Waals surface area contributed by atoms with Gasteiger partial charge in [0.1, 0.15) is 0 Å². The Morgan fingerprint density at radius 1 is 1.47 bits per heavy atom. The van der Waals surface area contributed by atoms with Gasteiger partial charge in [0, 0.05) is 21.1 Å². The fourth-order valence-corrected chi connectivity index (χ4v) is 2.69. The Hall–Kier alpha value is -0.420. The van der Waals surface area contributed by atoms with E-state index in [1.807, 2.05) is 0 Å². The number of nitrogens with one attached hydrogen (secondary N) is 1. The molecule has 0 fully saturated rings. The van der Waals surface area contributed by atoms with Gasteiger partial charge in [-0.15, -0.1) is 0 Å². The summed E-state index contributed by atoms with van der Waals surface area (Å²) in [5.41, 5.74) is 0. The van der Waals surface area contributed by atoms with Crippen molar-refractivity contribution in [3.8, 4) is 0 Å². The Bertz CT molecular complexity index is 249. The predicted octanol–water partition coefficient (Wildman–Crippen LogP) is 0.705. The molecule has 1 amide bonds. The molecule has 15 heavy (non-hydrogen) atoms. The average molecular weight is 239 g/mol. The molecule has 0 rings (SSSR count). The number of aliphatic hydroxyl groups excluding tert-OH is 1. The molecule has 0 aliphatic rings. The molecule has 0 bridgehead atoms. The summed E-state index contributed by atoms with van der Waals surface area (Å²) in [5, 5.41) is 12.0. The molecule has 0 aliphatic heterocycles. The van der Waals surface area contributed by atoms with Gasteiger partial charge in [-0.2, -0.15) is 0 Å². The van der Waals surface area contributed by atoms with Crippen molar-refractivity contribution in [1.29, 1.82) is 0 Å². The van der Waals surface area contributed by atoms with Gasteiger partial charge < -0.3 is 19.5 Å². The Labute approximate surface area is 89.5 Å². The summed E-state index contributed by atoms with van der Waals surface area (Å²) in [7, 11) is -1.08. The van der Waals surface area contributed by atoms with E-state index in [4.69, 9.17) is 9.05 Å². The molecule has 0 spiro atoms. The predicted molar refractivity (Wildman–Crippen MR) is 55.5 cm³/mol. The van der Waals surface area contributed by atoms with Crippen molar-refractivity contribution < 1.29 is 23.5 Å². The monoisotopic (exact) mass is 239 g/mol. The van der Waals surface area contributed by atoms with Crippen LogP contribution >= 0.6 is 7.60 Å². The van der Waals surface area contributed by atoms with Crippen molar-refractivity contribution in [2.45, 2.75) is 32.2 Å². The Morgan fingerprint density at radius 3 is 2.20 bits per heavy atom. The minimum atomic E-state index is -3.50. The summed E-state index contributed by atoms with van der Waals surface area (Å²) in [4.78, 5) is 10.9. The van der Waals surface area contributed by atoms with Crippen molar-refractivity contribution >= 4 is 13.5 Å². The van der Waals surface area contributed by atoms with Crippen LogP contribution in [0.5, 0.6) is 0 Å². The smallest absolute Gasteiger partial charge is 0.354 e. The molecular weight excluding hydrogens is 221 g/mol. The third kappa shape index (κ3) is 3.91. The first-order valence-corrected chi connectivity index (χ1v) is 6.18. The summed E-state index contributed by atoms with van der Waals surface area (Å²) in [6.07, 6.45) is -0.638. The first-order chi connectivity index (χ1) is 6.91. The fourth-order valence-electron chi connectivity index (χ4n) is 1.12. The maximum absolute atomic E-state index is 12.0. The zero-order valence-electron chi connectivity index (χ0n) is 9.39. The SMILES string of the molecule is CC[C@@H](O)[C@H](NC(C)=O)P(=O)(OC)OC. The van der Waals surface area contributed by atoms with Gasteiger partial charge in [-0.25, -0.2) is 0 Å². The second-order valence-corrected chi connectivity index (χ2v) is 5.39. The number of rotatable bonds is 6. The molecule has 0 aromatic rings. The lowest BCUT2D eigenvalue weighted by Crippen LogP contribution is -2.42. The molecular formula is C8H18NO5P. The summed E-state index contributed by atoms with van der Waals surface area (Å²) in [5.74, 6) is -1.43. The molecule has 2 N–H and O–H groups in total. The first-order valence-electron chi connectivity index (χ1n) is 4.57. The summed E-state index contributed by atoms with van der Waals surface area (Å²) < 4.78 is 21.4. The van der Waals surface area contributed by atoms with Crippen LogP contribution in [0.25, 0.3) is 0 Å². The van der Waals surface area contributed by atoms with Crippen LogP contribution in [0.2, 0.25) is 0 Å². The zero-order valence-corrected chi connectivity index (χ0v) is 10.3. The van der Waals surface area contributed by atoms with E-state index in [-0.39, 0.29) is 0 Å². The minimum absolute atomic E-state index is 0.335. The van der Waals surface area contributed by atoms with Crippen molar-refractivity contribution in [3.63, 3.8) is 0 Å². The van der Waals surface area contributed by atoms with E-state index in [1.165, 1.54) is 21.1 Å². The maximum Gasteiger partial charge on any atom is 0.354 e. The molecule has 0 saturated carbocycles. The average Bonchev–Trinajstić information content (AvgIpc) is 2.23. The number of hydrogen-bond acceptors (Lipinski definition) is 5. The van der Waals surface area contributed by atoms with Crippen LogP contribution in [0.15, 0.2) is 0 Å². The lowest BCUT2D eigenvalue weighted by atomic mass is 10.3. The van der Waals surface area contributed by atoms with Gasteiger partial charge in [0.25, 0.3) is 0 Å². The summed E-state index contributed by atoms with van der Waals surface area (Å²) >= 11 is 0. The maximum atomic E-state index is 12.0. The van der Waals surface area contributed by atoms with Gasteiger partial charge in [0.15, 0.2) is 5.78 Å². The normalized spacial score (nSPS) is 15.8. The van der Waals surface area contributed by atoms with Gasteiger partial charge in [-0.3, -0.25) is 9.36 Å². The van der Waals surface area contributed by atoms with Crippen LogP contribution in [0, 0.1) is 0 Å². The number of aliphatic hydroxyl groups is 1. The first kappa shape index (κ1) is 14.6. The van der Waals surface area contributed by atoms with Crippen molar-refractivity contribution in [2.24, 2.45) is 0 Å². The van der Waals surface area contributed by atoms with Crippen LogP contribution in [0.4, 0.5) is 0 Å². The largest absolute Gasteiger partial charge is 0.390 e. The lowest BCUT2D eigenvalue weighted by molar-refractivity contribution is -0.120. The Morgan fingerprint density at radius 2 is 1.93 bits per heavy atom. The summed E-state index contributed by atoms with van der Waals surface area (Å²) in [6.45, 7) is 2.97. The van der Waals surface area contributed by atoms with E-state index in [0.717, 1.165) is 0 Å². The molecule has 90 valence electrons. The van der Waals surface area contributed by atoms with E-state index in [1.54, 1.807) is 6.92 Å². The molecule has 0 aliphatic carbocycles. The quantitative estimate of drug-likeness (QED) is 0.666. The fraction of sp³-hybridized carbons (Fsp3) is 0.875. The van der Waals surface area contributed by atoms with Gasteiger partial charge in [0.2, 0.25) is 5.91 Å². The van der Waals surface area contributed by atoms with Gasteiger partial charge in [-0.05, 0) is 6.42 Å². The van der Waals surface area contributed by atoms with Crippen LogP contribution in [-0.4, -0.2) is 37.1 Å². The highest BCUT2D eigenvalue weighted by Crippen LogP contribution is 2.51. The van der Waals surface area contributed by atoms with Crippen LogP contribution in [0.3, 0.4) is 0 Å². The van der Waals surface area contributed by atoms with E-state index in [9.17, 15) is 14.5 Å². The second-order valence-electron chi connectivity index (χ2n) is 3.03. The highest BCUT2D eigenvalue weighted by Gasteiger charge is 2.39. The van der Waals surface area contributed by atoms with Crippen LogP contribution in [-0.2, 0) is 18.4 Å². The molecule has 0 unspecified atom stereocenters. The van der Waals surface area contributed by atoms with Gasteiger partial charge in [-0.1, -0.05) is 6.92 Å². The highest BCUT2D eigenvalue weighted by atomic mass is 31.2. The van der Waals surface area contributed by atoms with Crippen molar-refractivity contribution in [1.82, 2.24) is 5.32 Å². The minimum Gasteiger partial charge on any atom is -0.390 e. The van der Waals surface area contributed by atoms with E-state index >= 15 is 0 Å². The van der Waals surface area contributed by atoms with Crippen LogP contribution in [0.1, 0.15) is 20.3 Å². The van der Waals surface area contributed by atoms with Crippen LogP contribution < -0.4 is 5.32 Å². The topological polar surface area (TPSA) is 84.9 Å². The molecule has 7 heteroatoms. The molecule has 6 nitrogen and oxygen atoms in total.